The number of aromatic nitrogens is 2. The molecule has 0 aliphatic heterocycles. The summed E-state index contributed by atoms with van der Waals surface area (Å²) in [5, 5.41) is 6.17. The molecular weight excluding hydrogens is 250 g/mol. The number of hydrogen-bond donors (Lipinski definition) is 1. The van der Waals surface area contributed by atoms with E-state index in [2.05, 4.69) is 39.7 Å². The first-order valence-electron chi connectivity index (χ1n) is 5.59. The number of rotatable bonds is 5. The molecule has 0 spiro atoms. The van der Waals surface area contributed by atoms with Gasteiger partial charge in [-0.15, -0.1) is 11.3 Å². The first-order valence-corrected chi connectivity index (χ1v) is 7.28. The van der Waals surface area contributed by atoms with E-state index in [0.29, 0.717) is 0 Å². The molecule has 2 heterocycles. The average Bonchev–Trinajstić information content (AvgIpc) is 2.82. The summed E-state index contributed by atoms with van der Waals surface area (Å²) in [6.07, 6.45) is 1.99. The summed E-state index contributed by atoms with van der Waals surface area (Å²) in [6.45, 7) is 2.14. The SMILES string of the molecule is CCCc1nc(NC)cc(Sc2cccs2)n1. The Morgan fingerprint density at radius 3 is 2.94 bits per heavy atom. The molecule has 0 fully saturated rings. The Hall–Kier alpha value is -1.07. The van der Waals surface area contributed by atoms with Gasteiger partial charge in [0.15, 0.2) is 0 Å². The maximum Gasteiger partial charge on any atom is 0.132 e. The molecule has 2 rings (SSSR count). The number of anilines is 1. The minimum atomic E-state index is 0.891. The topological polar surface area (TPSA) is 37.8 Å². The molecule has 5 heteroatoms. The van der Waals surface area contributed by atoms with Gasteiger partial charge in [0.05, 0.1) is 4.21 Å². The molecule has 0 bridgehead atoms. The van der Waals surface area contributed by atoms with Crippen LogP contribution in [0.15, 0.2) is 32.8 Å². The second kappa shape index (κ2) is 6.02. The lowest BCUT2D eigenvalue weighted by Crippen LogP contribution is -2.00. The maximum atomic E-state index is 4.56. The second-order valence-electron chi connectivity index (χ2n) is 3.54. The molecule has 2 aromatic heterocycles. The lowest BCUT2D eigenvalue weighted by atomic mass is 10.3. The quantitative estimate of drug-likeness (QED) is 0.837. The van der Waals surface area contributed by atoms with Crippen LogP contribution in [0, 0.1) is 0 Å². The minimum Gasteiger partial charge on any atom is -0.373 e. The van der Waals surface area contributed by atoms with E-state index in [-0.39, 0.29) is 0 Å². The molecule has 0 aliphatic carbocycles. The Morgan fingerprint density at radius 2 is 2.29 bits per heavy atom. The van der Waals surface area contributed by atoms with Gasteiger partial charge in [-0.3, -0.25) is 0 Å². The predicted octanol–water partition coefficient (Wildman–Crippen LogP) is 3.68. The van der Waals surface area contributed by atoms with Crippen LogP contribution in [0.4, 0.5) is 5.82 Å². The molecule has 90 valence electrons. The number of nitrogens with zero attached hydrogens (tertiary/aromatic N) is 2. The third-order valence-corrected chi connectivity index (χ3v) is 4.13. The van der Waals surface area contributed by atoms with Crippen LogP contribution in [-0.4, -0.2) is 17.0 Å². The molecule has 0 aliphatic rings. The van der Waals surface area contributed by atoms with Gasteiger partial charge in [-0.2, -0.15) is 0 Å². The van der Waals surface area contributed by atoms with Crippen LogP contribution in [0.25, 0.3) is 0 Å². The van der Waals surface area contributed by atoms with E-state index in [4.69, 9.17) is 0 Å². The van der Waals surface area contributed by atoms with Crippen molar-refractivity contribution in [1.29, 1.82) is 0 Å². The van der Waals surface area contributed by atoms with E-state index in [1.165, 1.54) is 4.21 Å². The van der Waals surface area contributed by atoms with Crippen molar-refractivity contribution in [1.82, 2.24) is 9.97 Å². The average molecular weight is 265 g/mol. The molecule has 1 N–H and O–H groups in total. The summed E-state index contributed by atoms with van der Waals surface area (Å²) in [5.41, 5.74) is 0. The highest BCUT2D eigenvalue weighted by Crippen LogP contribution is 2.30. The molecule has 0 aromatic carbocycles. The third kappa shape index (κ3) is 3.44. The molecular formula is C12H15N3S2. The fourth-order valence-corrected chi connectivity index (χ4v) is 3.15. The first-order chi connectivity index (χ1) is 8.31. The molecule has 0 saturated heterocycles. The van der Waals surface area contributed by atoms with Crippen molar-refractivity contribution in [3.8, 4) is 0 Å². The standard InChI is InChI=1S/C12H15N3S2/c1-3-5-9-14-10(13-2)8-11(15-9)17-12-6-4-7-16-12/h4,6-8H,3,5H2,1-2H3,(H,13,14,15). The number of nitrogens with one attached hydrogen (secondary N) is 1. The van der Waals surface area contributed by atoms with Crippen LogP contribution < -0.4 is 5.32 Å². The lowest BCUT2D eigenvalue weighted by molar-refractivity contribution is 0.812. The fraction of sp³-hybridized carbons (Fsp3) is 0.333. The summed E-state index contributed by atoms with van der Waals surface area (Å²) in [7, 11) is 1.89. The van der Waals surface area contributed by atoms with Gasteiger partial charge in [-0.1, -0.05) is 24.8 Å². The van der Waals surface area contributed by atoms with Gasteiger partial charge in [-0.25, -0.2) is 9.97 Å². The largest absolute Gasteiger partial charge is 0.373 e. The summed E-state index contributed by atoms with van der Waals surface area (Å²) in [4.78, 5) is 9.00. The number of thiophene rings is 1. The highest BCUT2D eigenvalue weighted by atomic mass is 32.2. The Labute approximate surface area is 110 Å². The van der Waals surface area contributed by atoms with Crippen molar-refractivity contribution in [3.05, 3.63) is 29.4 Å². The van der Waals surface area contributed by atoms with E-state index in [0.717, 1.165) is 29.5 Å². The monoisotopic (exact) mass is 265 g/mol. The summed E-state index contributed by atoms with van der Waals surface area (Å²) < 4.78 is 1.26. The smallest absolute Gasteiger partial charge is 0.132 e. The van der Waals surface area contributed by atoms with Crippen LogP contribution in [0.5, 0.6) is 0 Å². The molecule has 0 amide bonds. The summed E-state index contributed by atoms with van der Waals surface area (Å²) >= 11 is 3.42. The van der Waals surface area contributed by atoms with Crippen molar-refractivity contribution >= 4 is 28.9 Å². The first kappa shape index (κ1) is 12.4. The zero-order valence-electron chi connectivity index (χ0n) is 9.93. The van der Waals surface area contributed by atoms with Gasteiger partial charge in [-0.05, 0) is 17.9 Å². The summed E-state index contributed by atoms with van der Waals surface area (Å²) in [5.74, 6) is 1.81. The molecule has 0 atom stereocenters. The van der Waals surface area contributed by atoms with Gasteiger partial charge in [0.25, 0.3) is 0 Å². The Balaban J connectivity index is 2.23. The van der Waals surface area contributed by atoms with Gasteiger partial charge in [0, 0.05) is 19.5 Å². The molecule has 0 radical (unpaired) electrons. The summed E-state index contributed by atoms with van der Waals surface area (Å²) in [6, 6.07) is 6.15. The maximum absolute atomic E-state index is 4.56. The zero-order valence-corrected chi connectivity index (χ0v) is 11.6. The minimum absolute atomic E-state index is 0.891. The lowest BCUT2D eigenvalue weighted by Gasteiger charge is -2.06. The molecule has 2 aromatic rings. The number of aryl methyl sites for hydroxylation is 1. The van der Waals surface area contributed by atoms with Crippen molar-refractivity contribution in [2.75, 3.05) is 12.4 Å². The van der Waals surface area contributed by atoms with Crippen LogP contribution >= 0.6 is 23.1 Å². The van der Waals surface area contributed by atoms with E-state index in [1.54, 1.807) is 23.1 Å². The Morgan fingerprint density at radius 1 is 1.41 bits per heavy atom. The van der Waals surface area contributed by atoms with Crippen LogP contribution in [0.2, 0.25) is 0 Å². The van der Waals surface area contributed by atoms with Gasteiger partial charge in [0.2, 0.25) is 0 Å². The predicted molar refractivity (Wildman–Crippen MR) is 74.0 cm³/mol. The van der Waals surface area contributed by atoms with Gasteiger partial charge >= 0.3 is 0 Å². The number of hydrogen-bond acceptors (Lipinski definition) is 5. The van der Waals surface area contributed by atoms with E-state index in [9.17, 15) is 0 Å². The zero-order chi connectivity index (χ0) is 12.1. The van der Waals surface area contributed by atoms with Crippen LogP contribution in [0.1, 0.15) is 19.2 Å². The molecule has 3 nitrogen and oxygen atoms in total. The van der Waals surface area contributed by atoms with Gasteiger partial charge < -0.3 is 5.32 Å². The van der Waals surface area contributed by atoms with Crippen LogP contribution in [-0.2, 0) is 6.42 Å². The Bertz CT molecular complexity index is 469. The molecule has 0 saturated carbocycles. The molecule has 17 heavy (non-hydrogen) atoms. The Kier molecular flexibility index (Phi) is 4.39. The van der Waals surface area contributed by atoms with Crippen molar-refractivity contribution in [2.45, 2.75) is 29.0 Å². The third-order valence-electron chi connectivity index (χ3n) is 2.18. The van der Waals surface area contributed by atoms with Crippen molar-refractivity contribution in [2.24, 2.45) is 0 Å². The highest BCUT2D eigenvalue weighted by molar-refractivity contribution is 8.01. The second-order valence-corrected chi connectivity index (χ2v) is 5.81. The van der Waals surface area contributed by atoms with E-state index in [1.807, 2.05) is 13.1 Å². The molecule has 0 unspecified atom stereocenters. The fourth-order valence-electron chi connectivity index (χ4n) is 1.41. The van der Waals surface area contributed by atoms with E-state index >= 15 is 0 Å². The highest BCUT2D eigenvalue weighted by Gasteiger charge is 2.05. The van der Waals surface area contributed by atoms with Crippen LogP contribution in [0.3, 0.4) is 0 Å². The van der Waals surface area contributed by atoms with E-state index < -0.39 is 0 Å². The normalized spacial score (nSPS) is 10.5. The van der Waals surface area contributed by atoms with Crippen molar-refractivity contribution < 1.29 is 0 Å². The van der Waals surface area contributed by atoms with Gasteiger partial charge in [0.1, 0.15) is 16.7 Å². The van der Waals surface area contributed by atoms with Crippen molar-refractivity contribution in [3.63, 3.8) is 0 Å².